The number of nitro benzene ring substituents is 1. The van der Waals surface area contributed by atoms with Gasteiger partial charge in [0, 0.05) is 30.0 Å². The normalized spacial score (nSPS) is 22.0. The van der Waals surface area contributed by atoms with Gasteiger partial charge in [0.2, 0.25) is 5.69 Å². The number of aliphatic imine (C=N–C) groups is 1. The first-order valence-corrected chi connectivity index (χ1v) is 14.2. The molecular weight excluding hydrogens is 544 g/mol. The zero-order valence-electron chi connectivity index (χ0n) is 22.3. The van der Waals surface area contributed by atoms with Gasteiger partial charge in [-0.05, 0) is 35.4 Å². The number of thioether (sulfide) groups is 1. The minimum Gasteiger partial charge on any atom is -0.304 e. The molecule has 9 heteroatoms. The molecule has 7 rings (SSSR count). The predicted molar refractivity (Wildman–Crippen MR) is 165 cm³/mol. The Bertz CT molecular complexity index is 1800. The van der Waals surface area contributed by atoms with E-state index < -0.39 is 15.5 Å². The quantitative estimate of drug-likeness (QED) is 0.116. The van der Waals surface area contributed by atoms with Crippen molar-refractivity contribution >= 4 is 39.7 Å². The van der Waals surface area contributed by atoms with Crippen LogP contribution in [0.5, 0.6) is 0 Å². The first-order chi connectivity index (χ1) is 20.6. The van der Waals surface area contributed by atoms with Crippen molar-refractivity contribution in [3.8, 4) is 0 Å². The summed E-state index contributed by atoms with van der Waals surface area (Å²) in [6.07, 6.45) is 0. The Morgan fingerprint density at radius 2 is 1.29 bits per heavy atom. The van der Waals surface area contributed by atoms with E-state index in [0.717, 1.165) is 22.5 Å². The summed E-state index contributed by atoms with van der Waals surface area (Å²) in [5.74, 6) is 0. The Kier molecular flexibility index (Phi) is 6.28. The number of fused-ring (bicyclic) bond motifs is 1. The summed E-state index contributed by atoms with van der Waals surface area (Å²) in [6.45, 7) is 0. The van der Waals surface area contributed by atoms with E-state index in [4.69, 9.17) is 15.5 Å². The van der Waals surface area contributed by atoms with Gasteiger partial charge < -0.3 is 4.90 Å². The van der Waals surface area contributed by atoms with Crippen LogP contribution in [-0.4, -0.2) is 14.9 Å². The lowest BCUT2D eigenvalue weighted by Crippen LogP contribution is -2.50. The molecule has 0 aliphatic carbocycles. The first kappa shape index (κ1) is 25.7. The summed E-state index contributed by atoms with van der Waals surface area (Å²) >= 11 is 1.52. The van der Waals surface area contributed by atoms with Crippen LogP contribution in [0, 0.1) is 10.1 Å². The number of non-ortho nitro benzene ring substituents is 1. The Labute approximate surface area is 246 Å². The third-order valence-corrected chi connectivity index (χ3v) is 8.68. The van der Waals surface area contributed by atoms with Gasteiger partial charge in [0.15, 0.2) is 10.8 Å². The fraction of sp³-hybridized carbons (Fsp3) is 0.0606. The van der Waals surface area contributed by atoms with Crippen molar-refractivity contribution < 1.29 is 9.73 Å². The molecule has 0 N–H and O–H groups in total. The maximum Gasteiger partial charge on any atom is 0.269 e. The van der Waals surface area contributed by atoms with Gasteiger partial charge in [-0.25, -0.2) is 4.99 Å². The molecule has 2 atom stereocenters. The number of amidine groups is 1. The van der Waals surface area contributed by atoms with Crippen molar-refractivity contribution in [1.29, 1.82) is 0 Å². The van der Waals surface area contributed by atoms with Crippen LogP contribution in [0.4, 0.5) is 22.7 Å². The van der Waals surface area contributed by atoms with Crippen LogP contribution in [0.15, 0.2) is 156 Å². The Balaban J connectivity index is 1.54. The maximum absolute atomic E-state index is 11.3. The lowest BCUT2D eigenvalue weighted by atomic mass is 9.85. The van der Waals surface area contributed by atoms with Crippen LogP contribution in [0.25, 0.3) is 5.43 Å². The van der Waals surface area contributed by atoms with E-state index >= 15 is 0 Å². The van der Waals surface area contributed by atoms with Crippen molar-refractivity contribution in [2.24, 2.45) is 10.1 Å². The van der Waals surface area contributed by atoms with E-state index in [9.17, 15) is 10.1 Å². The maximum atomic E-state index is 11.3. The zero-order valence-corrected chi connectivity index (χ0v) is 23.1. The largest absolute Gasteiger partial charge is 0.304 e. The SMILES string of the molecule is O=[N+]([O-])c1ccc(N=C2S[C@@]3(c4ccccc4)[N-][N+](c4ccccc4)=N[C@@]3(c3ccccc3)N2c2ccccc2)cc1. The monoisotopic (exact) mass is 568 g/mol. The second kappa shape index (κ2) is 10.3. The van der Waals surface area contributed by atoms with E-state index in [1.807, 2.05) is 97.1 Å². The number of para-hydroxylation sites is 2. The molecule has 2 aliphatic heterocycles. The van der Waals surface area contributed by atoms with Crippen molar-refractivity contribution in [2.45, 2.75) is 10.5 Å². The van der Waals surface area contributed by atoms with E-state index in [2.05, 4.69) is 29.2 Å². The van der Waals surface area contributed by atoms with Gasteiger partial charge in [-0.15, -0.1) is 4.81 Å². The summed E-state index contributed by atoms with van der Waals surface area (Å²) in [5.41, 5.74) is 8.58. The van der Waals surface area contributed by atoms with E-state index in [-0.39, 0.29) is 5.69 Å². The van der Waals surface area contributed by atoms with Crippen LogP contribution < -0.4 is 4.90 Å². The second-order valence-corrected chi connectivity index (χ2v) is 11.0. The van der Waals surface area contributed by atoms with Gasteiger partial charge in [0.25, 0.3) is 5.69 Å². The van der Waals surface area contributed by atoms with Crippen LogP contribution in [0.3, 0.4) is 0 Å². The predicted octanol–water partition coefficient (Wildman–Crippen LogP) is 8.64. The topological polar surface area (TPSA) is 88.2 Å². The smallest absolute Gasteiger partial charge is 0.269 e. The van der Waals surface area contributed by atoms with Gasteiger partial charge in [-0.3, -0.25) is 10.1 Å². The van der Waals surface area contributed by atoms with E-state index in [1.54, 1.807) is 16.9 Å². The molecule has 8 nitrogen and oxygen atoms in total. The molecular formula is C33H24N6O2S. The molecule has 2 aliphatic rings. The van der Waals surface area contributed by atoms with Crippen LogP contribution in [0.2, 0.25) is 0 Å². The number of nitro groups is 1. The molecule has 0 aromatic heterocycles. The van der Waals surface area contributed by atoms with Crippen molar-refractivity contribution in [3.05, 3.63) is 172 Å². The number of benzene rings is 5. The van der Waals surface area contributed by atoms with Crippen molar-refractivity contribution in [1.82, 2.24) is 0 Å². The third kappa shape index (κ3) is 4.05. The van der Waals surface area contributed by atoms with Crippen molar-refractivity contribution in [2.75, 3.05) is 4.90 Å². The minimum absolute atomic E-state index is 0.0137. The lowest BCUT2D eigenvalue weighted by molar-refractivity contribution is -0.456. The molecule has 1 saturated heterocycles. The summed E-state index contributed by atoms with van der Waals surface area (Å²) in [5, 5.41) is 17.4. The summed E-state index contributed by atoms with van der Waals surface area (Å²) in [7, 11) is 0. The van der Waals surface area contributed by atoms with Crippen LogP contribution >= 0.6 is 11.8 Å². The number of hydrogen-bond acceptors (Lipinski definition) is 5. The molecule has 0 spiro atoms. The van der Waals surface area contributed by atoms with E-state index in [0.29, 0.717) is 10.9 Å². The molecule has 0 amide bonds. The summed E-state index contributed by atoms with van der Waals surface area (Å²) in [6, 6.07) is 46.6. The van der Waals surface area contributed by atoms with Gasteiger partial charge in [-0.1, -0.05) is 109 Å². The fourth-order valence-electron chi connectivity index (χ4n) is 5.45. The molecule has 5 aromatic carbocycles. The molecule has 2 heterocycles. The Morgan fingerprint density at radius 1 is 0.738 bits per heavy atom. The highest BCUT2D eigenvalue weighted by Crippen LogP contribution is 2.68. The third-order valence-electron chi connectivity index (χ3n) is 7.33. The average Bonchev–Trinajstić information content (AvgIpc) is 3.53. The molecule has 0 bridgehead atoms. The number of rotatable bonds is 6. The highest BCUT2D eigenvalue weighted by molar-refractivity contribution is 8.15. The Hall–Kier alpha value is -5.28. The number of nitrogens with zero attached hydrogens (tertiary/aromatic N) is 6. The molecule has 0 radical (unpaired) electrons. The minimum atomic E-state index is -1.07. The number of hydrogen-bond donors (Lipinski definition) is 0. The van der Waals surface area contributed by atoms with E-state index in [1.165, 1.54) is 23.9 Å². The molecule has 1 fully saturated rings. The lowest BCUT2D eigenvalue weighted by Gasteiger charge is -2.43. The second-order valence-electron chi connectivity index (χ2n) is 9.81. The standard InChI is InChI=1S/C33H24N6O2S/c40-39(41)30-23-21-27(22-24-30)34-31-37(28-17-9-3-10-18-28)32(25-13-5-1-6-14-25)33(42-31,26-15-7-2-8-16-26)36-38(35-32)29-19-11-4-12-20-29/h1-24H/t32-,33+/m0/s1. The number of azo groups is 1. The van der Waals surface area contributed by atoms with Gasteiger partial charge in [-0.2, -0.15) is 10.5 Å². The Morgan fingerprint density at radius 3 is 1.88 bits per heavy atom. The highest BCUT2D eigenvalue weighted by atomic mass is 32.2. The number of anilines is 1. The summed E-state index contributed by atoms with van der Waals surface area (Å²) in [4.78, 5) is 18.9. The van der Waals surface area contributed by atoms with Gasteiger partial charge >= 0.3 is 0 Å². The average molecular weight is 569 g/mol. The van der Waals surface area contributed by atoms with Gasteiger partial charge in [0.1, 0.15) is 4.87 Å². The van der Waals surface area contributed by atoms with Crippen LogP contribution in [0.1, 0.15) is 11.1 Å². The first-order valence-electron chi connectivity index (χ1n) is 13.4. The molecule has 5 aromatic rings. The highest BCUT2D eigenvalue weighted by Gasteiger charge is 2.67. The van der Waals surface area contributed by atoms with Crippen LogP contribution in [-0.2, 0) is 10.5 Å². The molecule has 0 saturated carbocycles. The molecule has 42 heavy (non-hydrogen) atoms. The molecule has 204 valence electrons. The van der Waals surface area contributed by atoms with Crippen molar-refractivity contribution in [3.63, 3.8) is 0 Å². The fourth-order valence-corrected chi connectivity index (χ4v) is 6.96. The molecule has 0 unspecified atom stereocenters. The zero-order chi connectivity index (χ0) is 28.6. The van der Waals surface area contributed by atoms with Gasteiger partial charge in [0.05, 0.1) is 10.6 Å². The summed E-state index contributed by atoms with van der Waals surface area (Å²) < 4.78 is 0.